The Balaban J connectivity index is 1.63. The average Bonchev–Trinajstić information content (AvgIpc) is 3.29. The molecule has 0 saturated carbocycles. The van der Waals surface area contributed by atoms with Gasteiger partial charge in [-0.25, -0.2) is 9.78 Å². The Morgan fingerprint density at radius 2 is 1.85 bits per heavy atom. The van der Waals surface area contributed by atoms with Crippen LogP contribution >= 0.6 is 15.9 Å². The van der Waals surface area contributed by atoms with Crippen molar-refractivity contribution in [2.45, 2.75) is 19.9 Å². The summed E-state index contributed by atoms with van der Waals surface area (Å²) in [6.45, 7) is 5.33. The van der Waals surface area contributed by atoms with Gasteiger partial charge in [0.05, 0.1) is 0 Å². The first-order chi connectivity index (χ1) is 13.0. The number of benzene rings is 1. The number of hydrogen-bond acceptors (Lipinski definition) is 4. The second-order valence-corrected chi connectivity index (χ2v) is 7.52. The Bertz CT molecular complexity index is 986. The van der Waals surface area contributed by atoms with E-state index in [1.807, 2.05) is 47.0 Å². The number of halogens is 1. The SMILES string of the molecule is CC(C)n1cnnc1-c1cccc(N2CCN(c3cccc(Br)c3)C2=O)n1. The third-order valence-corrected chi connectivity index (χ3v) is 4.99. The minimum atomic E-state index is -0.0805. The van der Waals surface area contributed by atoms with Gasteiger partial charge in [0.25, 0.3) is 0 Å². The Morgan fingerprint density at radius 3 is 2.63 bits per heavy atom. The van der Waals surface area contributed by atoms with Gasteiger partial charge >= 0.3 is 6.03 Å². The number of anilines is 2. The van der Waals surface area contributed by atoms with Gasteiger partial charge in [0, 0.05) is 29.3 Å². The van der Waals surface area contributed by atoms with Crippen LogP contribution < -0.4 is 9.80 Å². The van der Waals surface area contributed by atoms with E-state index in [0.29, 0.717) is 30.4 Å². The molecular formula is C19H19BrN6O. The van der Waals surface area contributed by atoms with E-state index < -0.39 is 0 Å². The Hall–Kier alpha value is -2.74. The van der Waals surface area contributed by atoms with Crippen LogP contribution in [-0.2, 0) is 0 Å². The largest absolute Gasteiger partial charge is 0.330 e. The standard InChI is InChI=1S/C19H19BrN6O/c1-13(2)26-12-21-23-18(26)16-7-4-8-17(22-16)25-10-9-24(19(25)27)15-6-3-5-14(20)11-15/h3-8,11-13H,9-10H2,1-2H3. The van der Waals surface area contributed by atoms with Crippen LogP contribution in [0.1, 0.15) is 19.9 Å². The first-order valence-corrected chi connectivity index (χ1v) is 9.55. The van der Waals surface area contributed by atoms with Gasteiger partial charge in [-0.1, -0.05) is 28.1 Å². The van der Waals surface area contributed by atoms with E-state index >= 15 is 0 Å². The third kappa shape index (κ3) is 3.32. The lowest BCUT2D eigenvalue weighted by Crippen LogP contribution is -2.32. The highest BCUT2D eigenvalue weighted by Crippen LogP contribution is 2.27. The van der Waals surface area contributed by atoms with Crippen molar-refractivity contribution in [1.29, 1.82) is 0 Å². The lowest BCUT2D eigenvalue weighted by Gasteiger charge is -2.19. The maximum absolute atomic E-state index is 13.0. The average molecular weight is 427 g/mol. The van der Waals surface area contributed by atoms with Gasteiger partial charge in [-0.15, -0.1) is 10.2 Å². The van der Waals surface area contributed by atoms with E-state index in [9.17, 15) is 4.79 Å². The number of amides is 2. The van der Waals surface area contributed by atoms with Crippen LogP contribution in [0.5, 0.6) is 0 Å². The van der Waals surface area contributed by atoms with Gasteiger partial charge < -0.3 is 4.57 Å². The van der Waals surface area contributed by atoms with Crippen molar-refractivity contribution in [3.05, 3.63) is 53.3 Å². The van der Waals surface area contributed by atoms with E-state index in [1.54, 1.807) is 16.1 Å². The van der Waals surface area contributed by atoms with Gasteiger partial charge in [0.1, 0.15) is 17.8 Å². The summed E-state index contributed by atoms with van der Waals surface area (Å²) < 4.78 is 2.91. The molecule has 1 aliphatic heterocycles. The molecule has 27 heavy (non-hydrogen) atoms. The molecule has 4 rings (SSSR count). The number of urea groups is 1. The summed E-state index contributed by atoms with van der Waals surface area (Å²) in [4.78, 5) is 21.1. The fraction of sp³-hybridized carbons (Fsp3) is 0.263. The molecule has 3 aromatic rings. The summed E-state index contributed by atoms with van der Waals surface area (Å²) in [6.07, 6.45) is 1.70. The van der Waals surface area contributed by atoms with Crippen LogP contribution in [0.4, 0.5) is 16.3 Å². The number of rotatable bonds is 4. The summed E-state index contributed by atoms with van der Waals surface area (Å²) in [7, 11) is 0. The highest BCUT2D eigenvalue weighted by molar-refractivity contribution is 9.10. The maximum Gasteiger partial charge on any atom is 0.330 e. The zero-order chi connectivity index (χ0) is 19.0. The molecule has 1 aromatic carbocycles. The van der Waals surface area contributed by atoms with Crippen molar-refractivity contribution in [3.63, 3.8) is 0 Å². The van der Waals surface area contributed by atoms with Gasteiger partial charge in [0.15, 0.2) is 5.82 Å². The summed E-state index contributed by atoms with van der Waals surface area (Å²) in [5, 5.41) is 8.20. The molecule has 0 N–H and O–H groups in total. The molecule has 8 heteroatoms. The van der Waals surface area contributed by atoms with Gasteiger partial charge in [-0.2, -0.15) is 0 Å². The highest BCUT2D eigenvalue weighted by atomic mass is 79.9. The number of nitrogens with zero attached hydrogens (tertiary/aromatic N) is 6. The van der Waals surface area contributed by atoms with Crippen LogP contribution in [0.15, 0.2) is 53.3 Å². The van der Waals surface area contributed by atoms with E-state index in [2.05, 4.69) is 45.0 Å². The van der Waals surface area contributed by atoms with Crippen molar-refractivity contribution < 1.29 is 4.79 Å². The van der Waals surface area contributed by atoms with Gasteiger partial charge in [-0.05, 0) is 44.2 Å². The van der Waals surface area contributed by atoms with Crippen molar-refractivity contribution in [3.8, 4) is 11.5 Å². The molecule has 3 heterocycles. The summed E-state index contributed by atoms with van der Waals surface area (Å²) in [6, 6.07) is 13.5. The smallest absolute Gasteiger partial charge is 0.310 e. The topological polar surface area (TPSA) is 67.2 Å². The number of carbonyl (C=O) groups is 1. The summed E-state index contributed by atoms with van der Waals surface area (Å²) >= 11 is 3.46. The molecule has 1 aliphatic rings. The van der Waals surface area contributed by atoms with E-state index in [-0.39, 0.29) is 12.1 Å². The predicted octanol–water partition coefficient (Wildman–Crippen LogP) is 4.13. The number of aromatic nitrogens is 4. The van der Waals surface area contributed by atoms with E-state index in [0.717, 1.165) is 10.2 Å². The maximum atomic E-state index is 13.0. The Labute approximate surface area is 165 Å². The van der Waals surface area contributed by atoms with Crippen LogP contribution in [0.25, 0.3) is 11.5 Å². The number of hydrogen-bond donors (Lipinski definition) is 0. The fourth-order valence-corrected chi connectivity index (χ4v) is 3.52. The molecule has 1 fully saturated rings. The minimum Gasteiger partial charge on any atom is -0.310 e. The molecule has 0 atom stereocenters. The van der Waals surface area contributed by atoms with Crippen LogP contribution in [0, 0.1) is 0 Å². The van der Waals surface area contributed by atoms with Crippen molar-refractivity contribution in [2.75, 3.05) is 22.9 Å². The molecule has 2 aromatic heterocycles. The Kier molecular flexibility index (Phi) is 4.65. The summed E-state index contributed by atoms with van der Waals surface area (Å²) in [5.41, 5.74) is 1.57. The number of pyridine rings is 1. The normalized spacial score (nSPS) is 14.4. The Morgan fingerprint density at radius 1 is 1.07 bits per heavy atom. The first kappa shape index (κ1) is 17.7. The molecule has 0 bridgehead atoms. The lowest BCUT2D eigenvalue weighted by atomic mass is 10.3. The van der Waals surface area contributed by atoms with Gasteiger partial charge in [0.2, 0.25) is 0 Å². The minimum absolute atomic E-state index is 0.0805. The van der Waals surface area contributed by atoms with E-state index in [1.165, 1.54) is 0 Å². The molecule has 138 valence electrons. The van der Waals surface area contributed by atoms with Gasteiger partial charge in [-0.3, -0.25) is 9.80 Å². The molecule has 2 amide bonds. The lowest BCUT2D eigenvalue weighted by molar-refractivity contribution is 0.255. The van der Waals surface area contributed by atoms with Crippen molar-refractivity contribution in [1.82, 2.24) is 19.7 Å². The first-order valence-electron chi connectivity index (χ1n) is 8.76. The molecule has 0 spiro atoms. The van der Waals surface area contributed by atoms with E-state index in [4.69, 9.17) is 0 Å². The molecular weight excluding hydrogens is 408 g/mol. The number of carbonyl (C=O) groups excluding carboxylic acids is 1. The molecule has 7 nitrogen and oxygen atoms in total. The predicted molar refractivity (Wildman–Crippen MR) is 108 cm³/mol. The quantitative estimate of drug-likeness (QED) is 0.628. The third-order valence-electron chi connectivity index (χ3n) is 4.50. The highest BCUT2D eigenvalue weighted by Gasteiger charge is 2.31. The van der Waals surface area contributed by atoms with Crippen molar-refractivity contribution >= 4 is 33.5 Å². The molecule has 0 aliphatic carbocycles. The van der Waals surface area contributed by atoms with Crippen LogP contribution in [0.3, 0.4) is 0 Å². The fourth-order valence-electron chi connectivity index (χ4n) is 3.14. The molecule has 1 saturated heterocycles. The molecule has 0 radical (unpaired) electrons. The van der Waals surface area contributed by atoms with Crippen LogP contribution in [0.2, 0.25) is 0 Å². The van der Waals surface area contributed by atoms with Crippen molar-refractivity contribution in [2.24, 2.45) is 0 Å². The second kappa shape index (κ2) is 7.11. The monoisotopic (exact) mass is 426 g/mol. The summed E-state index contributed by atoms with van der Waals surface area (Å²) in [5.74, 6) is 1.32. The molecule has 0 unspecified atom stereocenters. The second-order valence-electron chi connectivity index (χ2n) is 6.60. The van der Waals surface area contributed by atoms with Crippen LogP contribution in [-0.4, -0.2) is 38.9 Å². The zero-order valence-corrected chi connectivity index (χ0v) is 16.7. The zero-order valence-electron chi connectivity index (χ0n) is 15.1.